The van der Waals surface area contributed by atoms with Crippen LogP contribution in [0.5, 0.6) is 0 Å². The first kappa shape index (κ1) is 15.7. The van der Waals surface area contributed by atoms with Crippen molar-refractivity contribution in [1.82, 2.24) is 4.98 Å². The van der Waals surface area contributed by atoms with Gasteiger partial charge in [0.2, 0.25) is 5.91 Å². The number of anilines is 1. The van der Waals surface area contributed by atoms with E-state index in [1.165, 1.54) is 12.0 Å². The molecule has 2 rings (SSSR count). The smallest absolute Gasteiger partial charge is 0.224 e. The van der Waals surface area contributed by atoms with Gasteiger partial charge in [-0.05, 0) is 42.9 Å². The molecule has 1 aromatic carbocycles. The minimum atomic E-state index is 0.0540. The van der Waals surface area contributed by atoms with Crippen LogP contribution < -0.4 is 5.32 Å². The van der Waals surface area contributed by atoms with Crippen molar-refractivity contribution in [1.29, 1.82) is 0 Å². The van der Waals surface area contributed by atoms with Gasteiger partial charge in [0.25, 0.3) is 0 Å². The molecule has 0 saturated carbocycles. The summed E-state index contributed by atoms with van der Waals surface area (Å²) in [7, 11) is 0. The molecule has 112 valence electrons. The van der Waals surface area contributed by atoms with Crippen LogP contribution in [0.1, 0.15) is 37.1 Å². The average Bonchev–Trinajstić information content (AvgIpc) is 2.98. The van der Waals surface area contributed by atoms with Crippen LogP contribution in [0.2, 0.25) is 0 Å². The first-order valence-electron chi connectivity index (χ1n) is 7.39. The van der Waals surface area contributed by atoms with Crippen LogP contribution in [0, 0.1) is 5.92 Å². The topological polar surface area (TPSA) is 42.0 Å². The Morgan fingerprint density at radius 3 is 2.62 bits per heavy atom. The van der Waals surface area contributed by atoms with Crippen LogP contribution in [0.25, 0.3) is 0 Å². The molecule has 0 spiro atoms. The molecule has 0 aliphatic carbocycles. The zero-order valence-electron chi connectivity index (χ0n) is 12.6. The van der Waals surface area contributed by atoms with Gasteiger partial charge in [-0.15, -0.1) is 11.3 Å². The third-order valence-electron chi connectivity index (χ3n) is 3.33. The SMILES string of the molecule is CC(C)CCc1ccc(NC(=O)CCc2cncs2)cc1. The number of aromatic nitrogens is 1. The number of hydrogen-bond donors (Lipinski definition) is 1. The van der Waals surface area contributed by atoms with E-state index in [0.717, 1.165) is 29.3 Å². The highest BCUT2D eigenvalue weighted by Gasteiger charge is 2.04. The molecule has 1 aromatic heterocycles. The largest absolute Gasteiger partial charge is 0.326 e. The van der Waals surface area contributed by atoms with Crippen molar-refractivity contribution < 1.29 is 4.79 Å². The molecule has 2 aromatic rings. The molecular formula is C17H22N2OS. The Morgan fingerprint density at radius 2 is 2.00 bits per heavy atom. The first-order valence-corrected chi connectivity index (χ1v) is 8.27. The molecule has 0 atom stereocenters. The van der Waals surface area contributed by atoms with Crippen molar-refractivity contribution >= 4 is 22.9 Å². The van der Waals surface area contributed by atoms with Crippen LogP contribution in [-0.2, 0) is 17.6 Å². The van der Waals surface area contributed by atoms with E-state index < -0.39 is 0 Å². The van der Waals surface area contributed by atoms with E-state index in [4.69, 9.17) is 0 Å². The van der Waals surface area contributed by atoms with Crippen LogP contribution in [0.4, 0.5) is 5.69 Å². The third kappa shape index (κ3) is 5.68. The van der Waals surface area contributed by atoms with Gasteiger partial charge in [0.15, 0.2) is 0 Å². The summed E-state index contributed by atoms with van der Waals surface area (Å²) in [5.41, 5.74) is 3.99. The maximum absolute atomic E-state index is 11.9. The monoisotopic (exact) mass is 302 g/mol. The fraction of sp³-hybridized carbons (Fsp3) is 0.412. The van der Waals surface area contributed by atoms with Gasteiger partial charge in [0, 0.05) is 23.2 Å². The quantitative estimate of drug-likeness (QED) is 0.828. The Bertz CT molecular complexity index is 547. The number of carbonyl (C=O) groups excluding carboxylic acids is 1. The summed E-state index contributed by atoms with van der Waals surface area (Å²) < 4.78 is 0. The highest BCUT2D eigenvalue weighted by atomic mass is 32.1. The van der Waals surface area contributed by atoms with Crippen molar-refractivity contribution in [2.45, 2.75) is 39.5 Å². The summed E-state index contributed by atoms with van der Waals surface area (Å²) in [6, 6.07) is 8.17. The van der Waals surface area contributed by atoms with Crippen molar-refractivity contribution in [3.63, 3.8) is 0 Å². The second-order valence-electron chi connectivity index (χ2n) is 5.65. The lowest BCUT2D eigenvalue weighted by molar-refractivity contribution is -0.116. The van der Waals surface area contributed by atoms with Crippen LogP contribution in [0.15, 0.2) is 36.0 Å². The molecule has 0 fully saturated rings. The van der Waals surface area contributed by atoms with E-state index in [0.29, 0.717) is 6.42 Å². The van der Waals surface area contributed by atoms with E-state index in [2.05, 4.69) is 36.3 Å². The van der Waals surface area contributed by atoms with Gasteiger partial charge in [-0.3, -0.25) is 9.78 Å². The third-order valence-corrected chi connectivity index (χ3v) is 4.17. The molecule has 1 heterocycles. The molecule has 21 heavy (non-hydrogen) atoms. The Balaban J connectivity index is 1.78. The minimum Gasteiger partial charge on any atom is -0.326 e. The van der Waals surface area contributed by atoms with E-state index in [9.17, 15) is 4.79 Å². The number of hydrogen-bond acceptors (Lipinski definition) is 3. The molecule has 0 aliphatic rings. The molecule has 1 N–H and O–H groups in total. The number of aryl methyl sites for hydroxylation is 2. The van der Waals surface area contributed by atoms with E-state index in [1.807, 2.05) is 18.3 Å². The van der Waals surface area contributed by atoms with Crippen molar-refractivity contribution in [2.75, 3.05) is 5.32 Å². The summed E-state index contributed by atoms with van der Waals surface area (Å²) in [5.74, 6) is 0.773. The Hall–Kier alpha value is -1.68. The molecular weight excluding hydrogens is 280 g/mol. The van der Waals surface area contributed by atoms with E-state index in [1.54, 1.807) is 16.8 Å². The summed E-state index contributed by atoms with van der Waals surface area (Å²) in [6.45, 7) is 4.47. The van der Waals surface area contributed by atoms with Crippen molar-refractivity contribution in [3.8, 4) is 0 Å². The van der Waals surface area contributed by atoms with Gasteiger partial charge in [0.05, 0.1) is 5.51 Å². The summed E-state index contributed by atoms with van der Waals surface area (Å²) in [6.07, 6.45) is 5.36. The maximum atomic E-state index is 11.9. The molecule has 0 bridgehead atoms. The highest BCUT2D eigenvalue weighted by molar-refractivity contribution is 7.09. The van der Waals surface area contributed by atoms with Gasteiger partial charge < -0.3 is 5.32 Å². The molecule has 4 heteroatoms. The second-order valence-corrected chi connectivity index (χ2v) is 6.62. The zero-order valence-corrected chi connectivity index (χ0v) is 13.5. The van der Waals surface area contributed by atoms with Crippen LogP contribution in [-0.4, -0.2) is 10.9 Å². The average molecular weight is 302 g/mol. The number of amides is 1. The van der Waals surface area contributed by atoms with Gasteiger partial charge in [-0.1, -0.05) is 26.0 Å². The number of rotatable bonds is 7. The van der Waals surface area contributed by atoms with Crippen LogP contribution >= 0.6 is 11.3 Å². The number of nitrogens with one attached hydrogen (secondary N) is 1. The number of benzene rings is 1. The fourth-order valence-corrected chi connectivity index (χ4v) is 2.63. The second kappa shape index (κ2) is 7.93. The van der Waals surface area contributed by atoms with Crippen LogP contribution in [0.3, 0.4) is 0 Å². The molecule has 0 unspecified atom stereocenters. The Morgan fingerprint density at radius 1 is 1.24 bits per heavy atom. The number of carbonyl (C=O) groups is 1. The van der Waals surface area contributed by atoms with Gasteiger partial charge in [-0.2, -0.15) is 0 Å². The van der Waals surface area contributed by atoms with Gasteiger partial charge in [-0.25, -0.2) is 0 Å². The predicted octanol–water partition coefficient (Wildman–Crippen LogP) is 4.30. The lowest BCUT2D eigenvalue weighted by atomic mass is 10.0. The standard InChI is InChI=1S/C17H22N2OS/c1-13(2)3-4-14-5-7-15(8-6-14)19-17(20)10-9-16-11-18-12-21-16/h5-8,11-13H,3-4,9-10H2,1-2H3,(H,19,20). The summed E-state index contributed by atoms with van der Waals surface area (Å²) >= 11 is 1.59. The summed E-state index contributed by atoms with van der Waals surface area (Å²) in [4.78, 5) is 17.0. The molecule has 0 saturated heterocycles. The fourth-order valence-electron chi connectivity index (χ4n) is 2.04. The zero-order chi connectivity index (χ0) is 15.1. The van der Waals surface area contributed by atoms with E-state index in [-0.39, 0.29) is 5.91 Å². The first-order chi connectivity index (χ1) is 10.1. The van der Waals surface area contributed by atoms with Gasteiger partial charge >= 0.3 is 0 Å². The Kier molecular flexibility index (Phi) is 5.93. The maximum Gasteiger partial charge on any atom is 0.224 e. The molecule has 0 aliphatic heterocycles. The molecule has 3 nitrogen and oxygen atoms in total. The lowest BCUT2D eigenvalue weighted by Gasteiger charge is -2.07. The normalized spacial score (nSPS) is 10.8. The van der Waals surface area contributed by atoms with Crippen molar-refractivity contribution in [2.24, 2.45) is 5.92 Å². The minimum absolute atomic E-state index is 0.0540. The highest BCUT2D eigenvalue weighted by Crippen LogP contribution is 2.14. The molecule has 1 amide bonds. The number of thiazole rings is 1. The van der Waals surface area contributed by atoms with E-state index >= 15 is 0 Å². The summed E-state index contributed by atoms with van der Waals surface area (Å²) in [5, 5.41) is 2.94. The lowest BCUT2D eigenvalue weighted by Crippen LogP contribution is -2.12. The Labute approximate surface area is 130 Å². The van der Waals surface area contributed by atoms with Gasteiger partial charge in [0.1, 0.15) is 0 Å². The number of nitrogens with zero attached hydrogens (tertiary/aromatic N) is 1. The predicted molar refractivity (Wildman–Crippen MR) is 88.7 cm³/mol. The van der Waals surface area contributed by atoms with Crippen molar-refractivity contribution in [3.05, 3.63) is 46.4 Å². The molecule has 0 radical (unpaired) electrons.